The van der Waals surface area contributed by atoms with E-state index in [1.807, 2.05) is 42.5 Å². The van der Waals surface area contributed by atoms with Crippen LogP contribution < -0.4 is 4.74 Å². The van der Waals surface area contributed by atoms with E-state index in [1.165, 1.54) is 7.11 Å². The van der Waals surface area contributed by atoms with Gasteiger partial charge in [-0.1, -0.05) is 30.3 Å². The molecule has 0 heterocycles. The summed E-state index contributed by atoms with van der Waals surface area (Å²) in [4.78, 5) is 11.9. The first kappa shape index (κ1) is 15.1. The monoisotopic (exact) mass is 286 g/mol. The van der Waals surface area contributed by atoms with Gasteiger partial charge in [-0.2, -0.15) is 0 Å². The van der Waals surface area contributed by atoms with Gasteiger partial charge in [0.05, 0.1) is 19.3 Å². The first-order chi connectivity index (χ1) is 10.3. The fraction of sp³-hybridized carbons (Fsp3) is 0.235. The van der Waals surface area contributed by atoms with Crippen LogP contribution in [-0.4, -0.2) is 20.2 Å². The standard InChI is InChI=1S/C17H18O4/c1-19-11-13-7-6-10-15(17(18)20-2)16(13)12-21-14-8-4-3-5-9-14/h3-10H,11-12H2,1-2H3. The minimum Gasteiger partial charge on any atom is -0.489 e. The summed E-state index contributed by atoms with van der Waals surface area (Å²) in [5.74, 6) is 0.375. The Morgan fingerprint density at radius 2 is 1.71 bits per heavy atom. The summed E-state index contributed by atoms with van der Waals surface area (Å²) in [6.45, 7) is 0.701. The van der Waals surface area contributed by atoms with Gasteiger partial charge in [0.15, 0.2) is 0 Å². The van der Waals surface area contributed by atoms with E-state index in [0.29, 0.717) is 12.2 Å². The van der Waals surface area contributed by atoms with E-state index in [2.05, 4.69) is 0 Å². The molecule has 2 aromatic carbocycles. The molecule has 4 nitrogen and oxygen atoms in total. The lowest BCUT2D eigenvalue weighted by Gasteiger charge is -2.14. The number of ether oxygens (including phenoxy) is 3. The lowest BCUT2D eigenvalue weighted by atomic mass is 10.0. The molecule has 0 aliphatic heterocycles. The van der Waals surface area contributed by atoms with Crippen LogP contribution >= 0.6 is 0 Å². The molecule has 2 rings (SSSR count). The third-order valence-corrected chi connectivity index (χ3v) is 3.10. The number of hydrogen-bond acceptors (Lipinski definition) is 4. The molecule has 0 bridgehead atoms. The van der Waals surface area contributed by atoms with E-state index in [1.54, 1.807) is 13.2 Å². The number of carbonyl (C=O) groups is 1. The molecular weight excluding hydrogens is 268 g/mol. The van der Waals surface area contributed by atoms with Crippen molar-refractivity contribution in [1.82, 2.24) is 0 Å². The average molecular weight is 286 g/mol. The molecule has 0 saturated heterocycles. The SMILES string of the molecule is COCc1cccc(C(=O)OC)c1COc1ccccc1. The van der Waals surface area contributed by atoms with Gasteiger partial charge in [0.1, 0.15) is 12.4 Å². The predicted octanol–water partition coefficient (Wildman–Crippen LogP) is 3.20. The van der Waals surface area contributed by atoms with E-state index in [9.17, 15) is 4.79 Å². The molecule has 0 atom stereocenters. The molecule has 0 radical (unpaired) electrons. The van der Waals surface area contributed by atoms with E-state index in [-0.39, 0.29) is 12.6 Å². The molecule has 0 saturated carbocycles. The van der Waals surface area contributed by atoms with Gasteiger partial charge >= 0.3 is 5.97 Å². The van der Waals surface area contributed by atoms with Gasteiger partial charge in [0, 0.05) is 12.7 Å². The highest BCUT2D eigenvalue weighted by atomic mass is 16.5. The average Bonchev–Trinajstić information content (AvgIpc) is 2.54. The first-order valence-electron chi connectivity index (χ1n) is 6.62. The quantitative estimate of drug-likeness (QED) is 0.765. The lowest BCUT2D eigenvalue weighted by Crippen LogP contribution is -2.11. The summed E-state index contributed by atoms with van der Waals surface area (Å²) in [6.07, 6.45) is 0. The van der Waals surface area contributed by atoms with Crippen molar-refractivity contribution < 1.29 is 19.0 Å². The maximum absolute atomic E-state index is 11.9. The maximum atomic E-state index is 11.9. The van der Waals surface area contributed by atoms with Gasteiger partial charge in [0.25, 0.3) is 0 Å². The molecular formula is C17H18O4. The van der Waals surface area contributed by atoms with E-state index >= 15 is 0 Å². The van der Waals surface area contributed by atoms with Gasteiger partial charge < -0.3 is 14.2 Å². The van der Waals surface area contributed by atoms with Crippen molar-refractivity contribution in [2.24, 2.45) is 0 Å². The molecule has 0 amide bonds. The van der Waals surface area contributed by atoms with Crippen LogP contribution in [0.2, 0.25) is 0 Å². The molecule has 0 spiro atoms. The molecule has 4 heteroatoms. The molecule has 0 aliphatic rings. The number of hydrogen-bond donors (Lipinski definition) is 0. The third kappa shape index (κ3) is 3.83. The number of esters is 1. The fourth-order valence-corrected chi connectivity index (χ4v) is 2.07. The zero-order valence-electron chi connectivity index (χ0n) is 12.2. The normalized spacial score (nSPS) is 10.2. The Morgan fingerprint density at radius 3 is 2.38 bits per heavy atom. The van der Waals surface area contributed by atoms with Crippen LogP contribution in [0.25, 0.3) is 0 Å². The van der Waals surface area contributed by atoms with Crippen LogP contribution in [0, 0.1) is 0 Å². The van der Waals surface area contributed by atoms with Crippen molar-refractivity contribution in [1.29, 1.82) is 0 Å². The molecule has 0 fully saturated rings. The number of methoxy groups -OCH3 is 2. The van der Waals surface area contributed by atoms with E-state index in [4.69, 9.17) is 14.2 Å². The molecule has 2 aromatic rings. The zero-order chi connectivity index (χ0) is 15.1. The highest BCUT2D eigenvalue weighted by molar-refractivity contribution is 5.91. The Hall–Kier alpha value is -2.33. The van der Waals surface area contributed by atoms with Crippen molar-refractivity contribution in [3.05, 3.63) is 65.2 Å². The highest BCUT2D eigenvalue weighted by Gasteiger charge is 2.15. The van der Waals surface area contributed by atoms with Crippen LogP contribution in [0.3, 0.4) is 0 Å². The second-order valence-corrected chi connectivity index (χ2v) is 4.47. The maximum Gasteiger partial charge on any atom is 0.338 e. The Morgan fingerprint density at radius 1 is 0.952 bits per heavy atom. The number of benzene rings is 2. The second kappa shape index (κ2) is 7.45. The number of para-hydroxylation sites is 1. The highest BCUT2D eigenvalue weighted by Crippen LogP contribution is 2.20. The molecule has 0 aliphatic carbocycles. The fourth-order valence-electron chi connectivity index (χ4n) is 2.07. The Bertz CT molecular complexity index is 593. The molecule has 0 N–H and O–H groups in total. The van der Waals surface area contributed by atoms with Crippen LogP contribution in [0.1, 0.15) is 21.5 Å². The first-order valence-corrected chi connectivity index (χ1v) is 6.62. The smallest absolute Gasteiger partial charge is 0.338 e. The summed E-state index contributed by atoms with van der Waals surface area (Å²) in [7, 11) is 2.99. The van der Waals surface area contributed by atoms with Gasteiger partial charge in [-0.25, -0.2) is 4.79 Å². The number of carbonyl (C=O) groups excluding carboxylic acids is 1. The predicted molar refractivity (Wildman–Crippen MR) is 79.3 cm³/mol. The van der Waals surface area contributed by atoms with Crippen molar-refractivity contribution in [3.63, 3.8) is 0 Å². The van der Waals surface area contributed by atoms with Crippen molar-refractivity contribution in [2.45, 2.75) is 13.2 Å². The summed E-state index contributed by atoms with van der Waals surface area (Å²) in [6, 6.07) is 14.9. The summed E-state index contributed by atoms with van der Waals surface area (Å²) in [5.41, 5.74) is 2.20. The second-order valence-electron chi connectivity index (χ2n) is 4.47. The third-order valence-electron chi connectivity index (χ3n) is 3.10. The zero-order valence-corrected chi connectivity index (χ0v) is 12.2. The Labute approximate surface area is 124 Å². The minimum absolute atomic E-state index is 0.286. The van der Waals surface area contributed by atoms with Gasteiger partial charge in [0.2, 0.25) is 0 Å². The van der Waals surface area contributed by atoms with Gasteiger partial charge in [-0.15, -0.1) is 0 Å². The van der Waals surface area contributed by atoms with E-state index in [0.717, 1.165) is 16.9 Å². The van der Waals surface area contributed by atoms with Crippen LogP contribution in [0.15, 0.2) is 48.5 Å². The van der Waals surface area contributed by atoms with Crippen LogP contribution in [-0.2, 0) is 22.7 Å². The Kier molecular flexibility index (Phi) is 5.35. The molecule has 0 unspecified atom stereocenters. The Balaban J connectivity index is 2.27. The molecule has 0 aromatic heterocycles. The molecule has 110 valence electrons. The number of rotatable bonds is 6. The summed E-state index contributed by atoms with van der Waals surface area (Å²) >= 11 is 0. The minimum atomic E-state index is -0.375. The van der Waals surface area contributed by atoms with Gasteiger partial charge in [-0.05, 0) is 23.8 Å². The largest absolute Gasteiger partial charge is 0.489 e. The summed E-state index contributed by atoms with van der Waals surface area (Å²) in [5, 5.41) is 0. The van der Waals surface area contributed by atoms with Crippen molar-refractivity contribution >= 4 is 5.97 Å². The summed E-state index contributed by atoms with van der Waals surface area (Å²) < 4.78 is 15.8. The van der Waals surface area contributed by atoms with Crippen molar-refractivity contribution in [3.8, 4) is 5.75 Å². The van der Waals surface area contributed by atoms with Crippen LogP contribution in [0.4, 0.5) is 0 Å². The molecule has 21 heavy (non-hydrogen) atoms. The topological polar surface area (TPSA) is 44.8 Å². The van der Waals surface area contributed by atoms with Crippen molar-refractivity contribution in [2.75, 3.05) is 14.2 Å². The lowest BCUT2D eigenvalue weighted by molar-refractivity contribution is 0.0597. The van der Waals surface area contributed by atoms with Gasteiger partial charge in [-0.3, -0.25) is 0 Å². The van der Waals surface area contributed by atoms with E-state index < -0.39 is 0 Å². The van der Waals surface area contributed by atoms with Crippen LogP contribution in [0.5, 0.6) is 5.75 Å².